The van der Waals surface area contributed by atoms with Crippen molar-refractivity contribution < 1.29 is 9.90 Å². The fraction of sp³-hybridized carbons (Fsp3) is 0.643. The number of rotatable bonds is 5. The van der Waals surface area contributed by atoms with Crippen molar-refractivity contribution in [2.75, 3.05) is 0 Å². The molecule has 1 aromatic heterocycles. The molecular formula is C14H21NO2S. The zero-order valence-corrected chi connectivity index (χ0v) is 11.6. The van der Waals surface area contributed by atoms with Gasteiger partial charge in [0.25, 0.3) is 0 Å². The molecule has 2 rings (SSSR count). The fourth-order valence-electron chi connectivity index (χ4n) is 2.61. The third kappa shape index (κ3) is 3.56. The molecule has 3 nitrogen and oxygen atoms in total. The Hall–Kier alpha value is -0.870. The van der Waals surface area contributed by atoms with Crippen LogP contribution in [0.1, 0.15) is 54.3 Å². The van der Waals surface area contributed by atoms with Gasteiger partial charge in [-0.3, -0.25) is 0 Å². The van der Waals surface area contributed by atoms with Crippen molar-refractivity contribution in [2.45, 2.75) is 51.6 Å². The Morgan fingerprint density at radius 2 is 2.17 bits per heavy atom. The zero-order valence-electron chi connectivity index (χ0n) is 10.8. The number of carboxylic acids is 1. The maximum atomic E-state index is 10.8. The van der Waals surface area contributed by atoms with Crippen LogP contribution >= 0.6 is 11.3 Å². The Morgan fingerprint density at radius 3 is 2.72 bits per heavy atom. The molecule has 0 atom stereocenters. The summed E-state index contributed by atoms with van der Waals surface area (Å²) >= 11 is 1.53. The lowest BCUT2D eigenvalue weighted by atomic mass is 9.84. The number of aromatic carboxylic acids is 1. The van der Waals surface area contributed by atoms with E-state index in [9.17, 15) is 4.79 Å². The van der Waals surface area contributed by atoms with Crippen molar-refractivity contribution >= 4 is 17.3 Å². The van der Waals surface area contributed by atoms with Crippen LogP contribution in [-0.4, -0.2) is 17.1 Å². The van der Waals surface area contributed by atoms with Crippen LogP contribution in [-0.2, 0) is 6.54 Å². The number of nitrogens with one attached hydrogen (secondary N) is 1. The molecule has 0 aliphatic heterocycles. The van der Waals surface area contributed by atoms with E-state index < -0.39 is 5.97 Å². The molecule has 2 N–H and O–H groups in total. The lowest BCUT2D eigenvalue weighted by Gasteiger charge is -2.28. The maximum Gasteiger partial charge on any atom is 0.336 e. The van der Waals surface area contributed by atoms with Crippen molar-refractivity contribution in [3.8, 4) is 0 Å². The molecule has 1 aliphatic rings. The fourth-order valence-corrected chi connectivity index (χ4v) is 3.41. The molecule has 1 aromatic rings. The number of hydrogen-bond acceptors (Lipinski definition) is 3. The van der Waals surface area contributed by atoms with E-state index >= 15 is 0 Å². The summed E-state index contributed by atoms with van der Waals surface area (Å²) in [7, 11) is 0. The van der Waals surface area contributed by atoms with Gasteiger partial charge in [0.05, 0.1) is 5.56 Å². The van der Waals surface area contributed by atoms with E-state index in [1.54, 1.807) is 11.4 Å². The Morgan fingerprint density at radius 1 is 1.44 bits per heavy atom. The molecule has 1 aliphatic carbocycles. The van der Waals surface area contributed by atoms with Crippen LogP contribution in [0.3, 0.4) is 0 Å². The Kier molecular flexibility index (Phi) is 4.78. The standard InChI is InChI=1S/C14H21NO2S/c1-2-10-3-5-12(6-4-10)15-8-13-7-11(9-18-13)14(16)17/h7,9-10,12,15H,2-6,8H2,1H3,(H,16,17). The second kappa shape index (κ2) is 6.34. The Balaban J connectivity index is 1.76. The summed E-state index contributed by atoms with van der Waals surface area (Å²) in [5.41, 5.74) is 0.409. The van der Waals surface area contributed by atoms with Gasteiger partial charge >= 0.3 is 5.97 Å². The summed E-state index contributed by atoms with van der Waals surface area (Å²) in [5, 5.41) is 14.1. The molecule has 4 heteroatoms. The molecular weight excluding hydrogens is 246 g/mol. The monoisotopic (exact) mass is 267 g/mol. The molecule has 100 valence electrons. The van der Waals surface area contributed by atoms with Gasteiger partial charge in [-0.15, -0.1) is 11.3 Å². The van der Waals surface area contributed by atoms with Crippen molar-refractivity contribution in [3.05, 3.63) is 21.9 Å². The topological polar surface area (TPSA) is 49.3 Å². The predicted octanol–water partition coefficient (Wildman–Crippen LogP) is 3.50. The molecule has 1 saturated carbocycles. The first-order chi connectivity index (χ1) is 8.69. The van der Waals surface area contributed by atoms with Crippen LogP contribution in [0.4, 0.5) is 0 Å². The van der Waals surface area contributed by atoms with E-state index in [1.807, 2.05) is 0 Å². The number of hydrogen-bond donors (Lipinski definition) is 2. The van der Waals surface area contributed by atoms with Crippen LogP contribution in [0, 0.1) is 5.92 Å². The highest BCUT2D eigenvalue weighted by atomic mass is 32.1. The Bertz CT molecular complexity index is 394. The largest absolute Gasteiger partial charge is 0.478 e. The van der Waals surface area contributed by atoms with Gasteiger partial charge in [-0.05, 0) is 37.7 Å². The van der Waals surface area contributed by atoms with Gasteiger partial charge in [0.1, 0.15) is 0 Å². The van der Waals surface area contributed by atoms with Crippen molar-refractivity contribution in [2.24, 2.45) is 5.92 Å². The van der Waals surface area contributed by atoms with Crippen LogP contribution in [0.15, 0.2) is 11.4 Å². The minimum absolute atomic E-state index is 0.409. The van der Waals surface area contributed by atoms with Gasteiger partial charge in [0.2, 0.25) is 0 Å². The molecule has 0 radical (unpaired) electrons. The summed E-state index contributed by atoms with van der Waals surface area (Å²) in [5.74, 6) is 0.0874. The first kappa shape index (κ1) is 13.6. The van der Waals surface area contributed by atoms with Crippen LogP contribution in [0.2, 0.25) is 0 Å². The van der Waals surface area contributed by atoms with E-state index in [4.69, 9.17) is 5.11 Å². The van der Waals surface area contributed by atoms with E-state index in [0.717, 1.165) is 17.3 Å². The SMILES string of the molecule is CCC1CCC(NCc2cc(C(=O)O)cs2)CC1. The van der Waals surface area contributed by atoms with Gasteiger partial charge < -0.3 is 10.4 Å². The molecule has 0 saturated heterocycles. The second-order valence-electron chi connectivity index (χ2n) is 5.11. The molecule has 18 heavy (non-hydrogen) atoms. The van der Waals surface area contributed by atoms with Crippen molar-refractivity contribution in [1.29, 1.82) is 0 Å². The van der Waals surface area contributed by atoms with E-state index in [0.29, 0.717) is 11.6 Å². The maximum absolute atomic E-state index is 10.8. The normalized spacial score (nSPS) is 24.1. The van der Waals surface area contributed by atoms with E-state index in [2.05, 4.69) is 12.2 Å². The van der Waals surface area contributed by atoms with Gasteiger partial charge in [-0.1, -0.05) is 13.3 Å². The third-order valence-electron chi connectivity index (χ3n) is 3.89. The third-order valence-corrected chi connectivity index (χ3v) is 4.83. The minimum Gasteiger partial charge on any atom is -0.478 e. The first-order valence-electron chi connectivity index (χ1n) is 6.73. The average Bonchev–Trinajstić information content (AvgIpc) is 2.86. The summed E-state index contributed by atoms with van der Waals surface area (Å²) in [4.78, 5) is 11.9. The quantitative estimate of drug-likeness (QED) is 0.858. The molecule has 1 fully saturated rings. The van der Waals surface area contributed by atoms with Gasteiger partial charge in [-0.25, -0.2) is 4.79 Å². The summed E-state index contributed by atoms with van der Waals surface area (Å²) < 4.78 is 0. The highest BCUT2D eigenvalue weighted by Gasteiger charge is 2.19. The molecule has 0 spiro atoms. The number of carboxylic acid groups (broad SMARTS) is 1. The smallest absolute Gasteiger partial charge is 0.336 e. The second-order valence-corrected chi connectivity index (χ2v) is 6.11. The van der Waals surface area contributed by atoms with Crippen molar-refractivity contribution in [3.63, 3.8) is 0 Å². The minimum atomic E-state index is -0.832. The van der Waals surface area contributed by atoms with Crippen LogP contribution < -0.4 is 5.32 Å². The lowest BCUT2D eigenvalue weighted by molar-refractivity contribution is 0.0697. The van der Waals surface area contributed by atoms with Crippen LogP contribution in [0.5, 0.6) is 0 Å². The molecule has 1 heterocycles. The first-order valence-corrected chi connectivity index (χ1v) is 7.61. The van der Waals surface area contributed by atoms with Crippen molar-refractivity contribution in [1.82, 2.24) is 5.32 Å². The molecule has 0 unspecified atom stereocenters. The lowest BCUT2D eigenvalue weighted by Crippen LogP contribution is -2.32. The number of thiophene rings is 1. The predicted molar refractivity (Wildman–Crippen MR) is 74.2 cm³/mol. The molecule has 0 aromatic carbocycles. The summed E-state index contributed by atoms with van der Waals surface area (Å²) in [6, 6.07) is 2.39. The van der Waals surface area contributed by atoms with E-state index in [-0.39, 0.29) is 0 Å². The summed E-state index contributed by atoms with van der Waals surface area (Å²) in [6.07, 6.45) is 6.49. The van der Waals surface area contributed by atoms with E-state index in [1.165, 1.54) is 43.4 Å². The zero-order chi connectivity index (χ0) is 13.0. The average molecular weight is 267 g/mol. The van der Waals surface area contributed by atoms with Gasteiger partial charge in [0, 0.05) is 22.8 Å². The highest BCUT2D eigenvalue weighted by Crippen LogP contribution is 2.26. The number of carbonyl (C=O) groups is 1. The summed E-state index contributed by atoms with van der Waals surface area (Å²) in [6.45, 7) is 3.08. The molecule has 0 bridgehead atoms. The van der Waals surface area contributed by atoms with Gasteiger partial charge in [0.15, 0.2) is 0 Å². The highest BCUT2D eigenvalue weighted by molar-refractivity contribution is 7.10. The Labute approximate surface area is 112 Å². The van der Waals surface area contributed by atoms with Crippen LogP contribution in [0.25, 0.3) is 0 Å². The molecule has 0 amide bonds. The van der Waals surface area contributed by atoms with Gasteiger partial charge in [-0.2, -0.15) is 0 Å².